The van der Waals surface area contributed by atoms with E-state index in [-0.39, 0.29) is 5.91 Å². The number of amides is 1. The maximum absolute atomic E-state index is 12.1. The van der Waals surface area contributed by atoms with Crippen molar-refractivity contribution >= 4 is 11.6 Å². The molecule has 0 aromatic carbocycles. The number of anilines is 1. The number of hydrogen-bond donors (Lipinski definition) is 2. The van der Waals surface area contributed by atoms with Crippen molar-refractivity contribution in [3.05, 3.63) is 18.0 Å². The highest BCUT2D eigenvalue weighted by Gasteiger charge is 2.24. The SMILES string of the molecule is CC1CCCCN1C(=O)c1cc(N)c[nH]1. The van der Waals surface area contributed by atoms with Crippen LogP contribution < -0.4 is 5.73 Å². The number of H-pyrrole nitrogens is 1. The molecule has 1 aliphatic heterocycles. The molecule has 15 heavy (non-hydrogen) atoms. The van der Waals surface area contributed by atoms with Crippen LogP contribution in [0.2, 0.25) is 0 Å². The Morgan fingerprint density at radius 2 is 2.40 bits per heavy atom. The van der Waals surface area contributed by atoms with Crippen LogP contribution >= 0.6 is 0 Å². The Hall–Kier alpha value is -1.45. The van der Waals surface area contributed by atoms with Crippen LogP contribution in [0, 0.1) is 0 Å². The Morgan fingerprint density at radius 1 is 1.60 bits per heavy atom. The first-order valence-electron chi connectivity index (χ1n) is 5.43. The molecule has 1 aliphatic rings. The minimum atomic E-state index is 0.0684. The zero-order valence-electron chi connectivity index (χ0n) is 8.99. The Bertz CT molecular complexity index is 358. The number of nitrogens with two attached hydrogens (primary N) is 1. The molecule has 2 rings (SSSR count). The number of rotatable bonds is 1. The molecule has 82 valence electrons. The summed E-state index contributed by atoms with van der Waals surface area (Å²) in [5, 5.41) is 0. The average molecular weight is 207 g/mol. The fourth-order valence-corrected chi connectivity index (χ4v) is 2.09. The standard InChI is InChI=1S/C11H17N3O/c1-8-4-2-3-5-14(8)11(15)10-6-9(12)7-13-10/h6-8,13H,2-5,12H2,1H3. The van der Waals surface area contributed by atoms with Gasteiger partial charge in [-0.15, -0.1) is 0 Å². The fourth-order valence-electron chi connectivity index (χ4n) is 2.09. The molecule has 1 unspecified atom stereocenters. The minimum Gasteiger partial charge on any atom is -0.397 e. The minimum absolute atomic E-state index is 0.0684. The van der Waals surface area contributed by atoms with Gasteiger partial charge in [-0.1, -0.05) is 0 Å². The summed E-state index contributed by atoms with van der Waals surface area (Å²) in [7, 11) is 0. The summed E-state index contributed by atoms with van der Waals surface area (Å²) in [5.41, 5.74) is 6.79. The summed E-state index contributed by atoms with van der Waals surface area (Å²) in [6.45, 7) is 2.96. The number of aromatic nitrogens is 1. The lowest BCUT2D eigenvalue weighted by molar-refractivity contribution is 0.0630. The summed E-state index contributed by atoms with van der Waals surface area (Å²) < 4.78 is 0. The van der Waals surface area contributed by atoms with E-state index in [9.17, 15) is 4.79 Å². The molecule has 0 bridgehead atoms. The van der Waals surface area contributed by atoms with Gasteiger partial charge in [0.25, 0.3) is 5.91 Å². The number of likely N-dealkylation sites (tertiary alicyclic amines) is 1. The summed E-state index contributed by atoms with van der Waals surface area (Å²) in [5.74, 6) is 0.0684. The molecule has 2 heterocycles. The average Bonchev–Trinajstić information content (AvgIpc) is 2.65. The summed E-state index contributed by atoms with van der Waals surface area (Å²) in [6, 6.07) is 2.04. The van der Waals surface area contributed by atoms with E-state index < -0.39 is 0 Å². The number of carbonyl (C=O) groups is 1. The number of nitrogens with zero attached hydrogens (tertiary/aromatic N) is 1. The van der Waals surface area contributed by atoms with Crippen molar-refractivity contribution in [1.82, 2.24) is 9.88 Å². The monoisotopic (exact) mass is 207 g/mol. The molecule has 4 heteroatoms. The van der Waals surface area contributed by atoms with Gasteiger partial charge in [0.05, 0.1) is 0 Å². The quantitative estimate of drug-likeness (QED) is 0.735. The molecule has 1 aromatic heterocycles. The third kappa shape index (κ3) is 1.98. The molecule has 1 atom stereocenters. The number of carbonyl (C=O) groups excluding carboxylic acids is 1. The van der Waals surface area contributed by atoms with E-state index >= 15 is 0 Å². The lowest BCUT2D eigenvalue weighted by Crippen LogP contribution is -2.42. The van der Waals surface area contributed by atoms with Gasteiger partial charge < -0.3 is 15.6 Å². The van der Waals surface area contributed by atoms with Gasteiger partial charge in [0.1, 0.15) is 5.69 Å². The number of piperidine rings is 1. The highest BCUT2D eigenvalue weighted by atomic mass is 16.2. The van der Waals surface area contributed by atoms with Crippen molar-refractivity contribution in [2.45, 2.75) is 32.2 Å². The highest BCUT2D eigenvalue weighted by molar-refractivity contribution is 5.93. The van der Waals surface area contributed by atoms with Gasteiger partial charge in [0.2, 0.25) is 0 Å². The molecule has 4 nitrogen and oxygen atoms in total. The third-order valence-corrected chi connectivity index (χ3v) is 3.00. The molecule has 0 aliphatic carbocycles. The number of nitrogen functional groups attached to an aromatic ring is 1. The third-order valence-electron chi connectivity index (χ3n) is 3.00. The number of aromatic amines is 1. The van der Waals surface area contributed by atoms with E-state index in [1.165, 1.54) is 6.42 Å². The molecular weight excluding hydrogens is 190 g/mol. The molecular formula is C11H17N3O. The Kier molecular flexibility index (Phi) is 2.66. The van der Waals surface area contributed by atoms with E-state index in [2.05, 4.69) is 11.9 Å². The first-order valence-corrected chi connectivity index (χ1v) is 5.43. The summed E-state index contributed by atoms with van der Waals surface area (Å²) >= 11 is 0. The predicted molar refractivity (Wildman–Crippen MR) is 59.6 cm³/mol. The van der Waals surface area contributed by atoms with E-state index in [1.807, 2.05) is 4.90 Å². The first kappa shape index (κ1) is 10.1. The van der Waals surface area contributed by atoms with Crippen molar-refractivity contribution in [1.29, 1.82) is 0 Å². The predicted octanol–water partition coefficient (Wildman–Crippen LogP) is 1.61. The second kappa shape index (κ2) is 3.96. The van der Waals surface area contributed by atoms with Gasteiger partial charge in [0.15, 0.2) is 0 Å². The molecule has 3 N–H and O–H groups in total. The zero-order valence-corrected chi connectivity index (χ0v) is 8.99. The van der Waals surface area contributed by atoms with Crippen molar-refractivity contribution in [3.63, 3.8) is 0 Å². The molecule has 1 aromatic rings. The molecule has 0 saturated carbocycles. The van der Waals surface area contributed by atoms with Crippen LogP contribution in [0.15, 0.2) is 12.3 Å². The van der Waals surface area contributed by atoms with Gasteiger partial charge in [-0.3, -0.25) is 4.79 Å². The van der Waals surface area contributed by atoms with Gasteiger partial charge in [-0.25, -0.2) is 0 Å². The fraction of sp³-hybridized carbons (Fsp3) is 0.545. The van der Waals surface area contributed by atoms with Crippen LogP contribution in [0.25, 0.3) is 0 Å². The molecule has 0 radical (unpaired) electrons. The van der Waals surface area contributed by atoms with Crippen molar-refractivity contribution in [3.8, 4) is 0 Å². The topological polar surface area (TPSA) is 62.1 Å². The maximum Gasteiger partial charge on any atom is 0.270 e. The molecule has 1 saturated heterocycles. The lowest BCUT2D eigenvalue weighted by Gasteiger charge is -2.33. The van der Waals surface area contributed by atoms with Crippen LogP contribution in [0.3, 0.4) is 0 Å². The molecule has 1 fully saturated rings. The lowest BCUT2D eigenvalue weighted by atomic mass is 10.0. The smallest absolute Gasteiger partial charge is 0.270 e. The summed E-state index contributed by atoms with van der Waals surface area (Å²) in [4.78, 5) is 16.9. The van der Waals surface area contributed by atoms with Gasteiger partial charge in [-0.2, -0.15) is 0 Å². The normalized spacial score (nSPS) is 21.7. The van der Waals surface area contributed by atoms with Crippen molar-refractivity contribution < 1.29 is 4.79 Å². The van der Waals surface area contributed by atoms with Crippen LogP contribution in [0.4, 0.5) is 5.69 Å². The number of nitrogens with one attached hydrogen (secondary N) is 1. The Morgan fingerprint density at radius 3 is 3.00 bits per heavy atom. The molecule has 1 amide bonds. The Labute approximate surface area is 89.5 Å². The van der Waals surface area contributed by atoms with E-state index in [4.69, 9.17) is 5.73 Å². The Balaban J connectivity index is 2.13. The van der Waals surface area contributed by atoms with Crippen LogP contribution in [-0.2, 0) is 0 Å². The maximum atomic E-state index is 12.1. The summed E-state index contributed by atoms with van der Waals surface area (Å²) in [6.07, 6.45) is 5.08. The largest absolute Gasteiger partial charge is 0.397 e. The van der Waals surface area contributed by atoms with E-state index in [0.29, 0.717) is 17.4 Å². The van der Waals surface area contributed by atoms with Crippen LogP contribution in [0.5, 0.6) is 0 Å². The molecule has 0 spiro atoms. The second-order valence-electron chi connectivity index (χ2n) is 4.19. The van der Waals surface area contributed by atoms with Gasteiger partial charge in [-0.05, 0) is 32.3 Å². The van der Waals surface area contributed by atoms with Gasteiger partial charge >= 0.3 is 0 Å². The van der Waals surface area contributed by atoms with E-state index in [1.54, 1.807) is 12.3 Å². The van der Waals surface area contributed by atoms with Gasteiger partial charge in [0, 0.05) is 24.5 Å². The van der Waals surface area contributed by atoms with Crippen LogP contribution in [-0.4, -0.2) is 28.4 Å². The first-order chi connectivity index (χ1) is 7.18. The van der Waals surface area contributed by atoms with Crippen LogP contribution in [0.1, 0.15) is 36.7 Å². The zero-order chi connectivity index (χ0) is 10.8. The second-order valence-corrected chi connectivity index (χ2v) is 4.19. The number of hydrogen-bond acceptors (Lipinski definition) is 2. The van der Waals surface area contributed by atoms with Crippen molar-refractivity contribution in [2.24, 2.45) is 0 Å². The highest BCUT2D eigenvalue weighted by Crippen LogP contribution is 2.19. The van der Waals surface area contributed by atoms with Crippen molar-refractivity contribution in [2.75, 3.05) is 12.3 Å². The van der Waals surface area contributed by atoms with E-state index in [0.717, 1.165) is 19.4 Å².